The number of sulfonamides is 1. The molecule has 2 heterocycles. The Balaban J connectivity index is 1.14. The lowest BCUT2D eigenvalue weighted by atomic mass is 10.0. The number of rotatable bonds is 8. The minimum Gasteiger partial charge on any atom is -0.452 e. The average Bonchev–Trinajstić information content (AvgIpc) is 3.66. The maximum atomic E-state index is 12.6. The third kappa shape index (κ3) is 5.83. The van der Waals surface area contributed by atoms with Crippen molar-refractivity contribution in [2.24, 2.45) is 0 Å². The van der Waals surface area contributed by atoms with Crippen LogP contribution in [0.5, 0.6) is 0 Å². The smallest absolute Gasteiger partial charge is 0.338 e. The highest BCUT2D eigenvalue weighted by atomic mass is 32.2. The normalized spacial score (nSPS) is 13.8. The summed E-state index contributed by atoms with van der Waals surface area (Å²) in [5.41, 5.74) is 4.04. The Labute approximate surface area is 225 Å². The van der Waals surface area contributed by atoms with Crippen molar-refractivity contribution in [3.05, 3.63) is 89.8 Å². The van der Waals surface area contributed by atoms with Crippen LogP contribution in [0.3, 0.4) is 0 Å². The number of aromatic nitrogens is 1. The van der Waals surface area contributed by atoms with Crippen molar-refractivity contribution in [2.45, 2.75) is 17.7 Å². The average molecular weight is 548 g/mol. The summed E-state index contributed by atoms with van der Waals surface area (Å²) in [5, 5.41) is 4.88. The van der Waals surface area contributed by atoms with E-state index in [0.717, 1.165) is 35.2 Å². The Hall–Kier alpha value is -3.86. The highest BCUT2D eigenvalue weighted by molar-refractivity contribution is 7.89. The first kappa shape index (κ1) is 25.8. The van der Waals surface area contributed by atoms with E-state index in [1.165, 1.54) is 39.9 Å². The van der Waals surface area contributed by atoms with E-state index in [2.05, 4.69) is 10.3 Å². The minimum atomic E-state index is -3.56. The molecule has 1 saturated heterocycles. The van der Waals surface area contributed by atoms with E-state index in [1.54, 1.807) is 0 Å². The molecule has 194 valence electrons. The van der Waals surface area contributed by atoms with Crippen molar-refractivity contribution in [1.82, 2.24) is 9.29 Å². The summed E-state index contributed by atoms with van der Waals surface area (Å²) in [6.45, 7) is 0.512. The largest absolute Gasteiger partial charge is 0.452 e. The van der Waals surface area contributed by atoms with E-state index in [4.69, 9.17) is 4.74 Å². The van der Waals surface area contributed by atoms with Crippen LogP contribution in [-0.2, 0) is 19.6 Å². The molecule has 1 aliphatic rings. The molecule has 0 saturated carbocycles. The van der Waals surface area contributed by atoms with Gasteiger partial charge in [0.25, 0.3) is 5.91 Å². The number of thiazole rings is 1. The second-order valence-electron chi connectivity index (χ2n) is 8.74. The predicted molar refractivity (Wildman–Crippen MR) is 146 cm³/mol. The van der Waals surface area contributed by atoms with E-state index in [9.17, 15) is 18.0 Å². The number of ether oxygens (including phenoxy) is 1. The number of esters is 1. The monoisotopic (exact) mass is 547 g/mol. The molecule has 3 aromatic carbocycles. The number of nitrogens with zero attached hydrogens (tertiary/aromatic N) is 2. The van der Waals surface area contributed by atoms with Crippen LogP contribution in [-0.4, -0.2) is 49.3 Å². The van der Waals surface area contributed by atoms with Gasteiger partial charge in [0.1, 0.15) is 0 Å². The topological polar surface area (TPSA) is 106 Å². The third-order valence-electron chi connectivity index (χ3n) is 6.17. The number of hydrogen-bond donors (Lipinski definition) is 1. The second kappa shape index (κ2) is 11.3. The van der Waals surface area contributed by atoms with Crippen molar-refractivity contribution in [2.75, 3.05) is 25.0 Å². The lowest BCUT2D eigenvalue weighted by molar-refractivity contribution is -0.119. The molecule has 0 aliphatic carbocycles. The maximum absolute atomic E-state index is 12.6. The molecule has 0 bridgehead atoms. The number of carbonyl (C=O) groups excluding carboxylic acids is 2. The van der Waals surface area contributed by atoms with Gasteiger partial charge < -0.3 is 4.74 Å². The van der Waals surface area contributed by atoms with E-state index in [-0.39, 0.29) is 10.5 Å². The molecule has 4 aromatic rings. The number of hydrogen-bond acceptors (Lipinski definition) is 7. The summed E-state index contributed by atoms with van der Waals surface area (Å²) >= 11 is 1.27. The molecule has 1 amide bonds. The number of benzene rings is 3. The third-order valence-corrected chi connectivity index (χ3v) is 8.84. The second-order valence-corrected chi connectivity index (χ2v) is 11.5. The van der Waals surface area contributed by atoms with E-state index in [1.807, 2.05) is 60.0 Å². The fourth-order valence-electron chi connectivity index (χ4n) is 4.14. The molecule has 1 fully saturated rings. The van der Waals surface area contributed by atoms with E-state index in [0.29, 0.717) is 18.2 Å². The molecule has 8 nitrogen and oxygen atoms in total. The molecule has 1 aliphatic heterocycles. The first-order chi connectivity index (χ1) is 18.4. The SMILES string of the molecule is O=C(COC(=O)c1ccc(S(=O)(=O)N2CCCC2)cc1)Nc1nc(-c2ccc(-c3ccccc3)cc2)cs1. The molecule has 0 spiro atoms. The van der Waals surface area contributed by atoms with Gasteiger partial charge in [-0.3, -0.25) is 10.1 Å². The summed E-state index contributed by atoms with van der Waals surface area (Å²) in [6, 6.07) is 23.6. The van der Waals surface area contributed by atoms with Gasteiger partial charge in [-0.2, -0.15) is 4.31 Å². The Bertz CT molecular complexity index is 1530. The summed E-state index contributed by atoms with van der Waals surface area (Å²) in [7, 11) is -3.56. The molecule has 0 atom stereocenters. The van der Waals surface area contributed by atoms with Crippen molar-refractivity contribution in [3.8, 4) is 22.4 Å². The summed E-state index contributed by atoms with van der Waals surface area (Å²) in [6.07, 6.45) is 1.69. The van der Waals surface area contributed by atoms with Crippen LogP contribution in [0.1, 0.15) is 23.2 Å². The molecule has 0 unspecified atom stereocenters. The van der Waals surface area contributed by atoms with Crippen molar-refractivity contribution in [1.29, 1.82) is 0 Å². The number of carbonyl (C=O) groups is 2. The fraction of sp³-hybridized carbons (Fsp3) is 0.179. The zero-order chi connectivity index (χ0) is 26.5. The van der Waals surface area contributed by atoms with E-state index >= 15 is 0 Å². The summed E-state index contributed by atoms with van der Waals surface area (Å²) in [5.74, 6) is -1.24. The molecule has 10 heteroatoms. The number of anilines is 1. The zero-order valence-electron chi connectivity index (χ0n) is 20.4. The van der Waals surface area contributed by atoms with Gasteiger partial charge in [0, 0.05) is 24.0 Å². The Morgan fingerprint density at radius 1 is 0.868 bits per heavy atom. The van der Waals surface area contributed by atoms with Crippen LogP contribution in [0.15, 0.2) is 89.1 Å². The van der Waals surface area contributed by atoms with Gasteiger partial charge in [-0.1, -0.05) is 54.6 Å². The lowest BCUT2D eigenvalue weighted by Crippen LogP contribution is -2.27. The van der Waals surface area contributed by atoms with Crippen LogP contribution in [0, 0.1) is 0 Å². The number of amides is 1. The Morgan fingerprint density at radius 3 is 2.18 bits per heavy atom. The Morgan fingerprint density at radius 2 is 1.50 bits per heavy atom. The Kier molecular flexibility index (Phi) is 7.64. The maximum Gasteiger partial charge on any atom is 0.338 e. The molecular weight excluding hydrogens is 522 g/mol. The number of nitrogens with one attached hydrogen (secondary N) is 1. The highest BCUT2D eigenvalue weighted by Crippen LogP contribution is 2.28. The van der Waals surface area contributed by atoms with Gasteiger partial charge in [-0.25, -0.2) is 18.2 Å². The predicted octanol–water partition coefficient (Wildman–Crippen LogP) is 5.06. The zero-order valence-corrected chi connectivity index (χ0v) is 22.0. The summed E-state index contributed by atoms with van der Waals surface area (Å²) in [4.78, 5) is 29.3. The van der Waals surface area contributed by atoms with Gasteiger partial charge in [0.15, 0.2) is 11.7 Å². The van der Waals surface area contributed by atoms with Crippen LogP contribution in [0.4, 0.5) is 5.13 Å². The van der Waals surface area contributed by atoms with Crippen molar-refractivity contribution in [3.63, 3.8) is 0 Å². The summed E-state index contributed by atoms with van der Waals surface area (Å²) < 4.78 is 31.8. The molecule has 5 rings (SSSR count). The van der Waals surface area contributed by atoms with Crippen LogP contribution >= 0.6 is 11.3 Å². The van der Waals surface area contributed by atoms with Gasteiger partial charge >= 0.3 is 5.97 Å². The van der Waals surface area contributed by atoms with Crippen molar-refractivity contribution < 1.29 is 22.7 Å². The molecular formula is C28H25N3O5S2. The van der Waals surface area contributed by atoms with Crippen molar-refractivity contribution >= 4 is 38.4 Å². The first-order valence-electron chi connectivity index (χ1n) is 12.1. The minimum absolute atomic E-state index is 0.128. The molecule has 1 aromatic heterocycles. The van der Waals surface area contributed by atoms with Gasteiger partial charge in [0.05, 0.1) is 16.2 Å². The van der Waals surface area contributed by atoms with E-state index < -0.39 is 28.5 Å². The van der Waals surface area contributed by atoms with Gasteiger partial charge in [-0.15, -0.1) is 11.3 Å². The van der Waals surface area contributed by atoms with Crippen LogP contribution in [0.25, 0.3) is 22.4 Å². The molecule has 38 heavy (non-hydrogen) atoms. The van der Waals surface area contributed by atoms with Crippen LogP contribution in [0.2, 0.25) is 0 Å². The van der Waals surface area contributed by atoms with Gasteiger partial charge in [0.2, 0.25) is 10.0 Å². The van der Waals surface area contributed by atoms with Crippen LogP contribution < -0.4 is 5.32 Å². The lowest BCUT2D eigenvalue weighted by Gasteiger charge is -2.15. The molecule has 1 N–H and O–H groups in total. The molecule has 0 radical (unpaired) electrons. The first-order valence-corrected chi connectivity index (χ1v) is 14.4. The van der Waals surface area contributed by atoms with Gasteiger partial charge in [-0.05, 0) is 48.2 Å². The highest BCUT2D eigenvalue weighted by Gasteiger charge is 2.27. The quantitative estimate of drug-likeness (QED) is 0.309. The fourth-order valence-corrected chi connectivity index (χ4v) is 6.39. The standard InChI is InChI=1S/C28H25N3O5S2/c32-26(18-36-27(33)23-12-14-24(15-13-23)38(34,35)31-16-4-5-17-31)30-28-29-25(19-37-28)22-10-8-21(9-11-22)20-6-2-1-3-7-20/h1-3,6-15,19H,4-5,16-18H2,(H,29,30,32).